The van der Waals surface area contributed by atoms with Gasteiger partial charge in [0.25, 0.3) is 0 Å². The van der Waals surface area contributed by atoms with Crippen molar-refractivity contribution in [2.75, 3.05) is 13.1 Å². The zero-order chi connectivity index (χ0) is 10.8. The van der Waals surface area contributed by atoms with E-state index in [1.165, 1.54) is 38.8 Å². The molecule has 2 unspecified atom stereocenters. The summed E-state index contributed by atoms with van der Waals surface area (Å²) < 4.78 is 0. The maximum absolute atomic E-state index is 3.62. The third-order valence-electron chi connectivity index (χ3n) is 4.09. The van der Waals surface area contributed by atoms with Crippen molar-refractivity contribution >= 4 is 0 Å². The Balaban J connectivity index is 1.87. The molecule has 1 saturated carbocycles. The Labute approximate surface area is 94.4 Å². The van der Waals surface area contributed by atoms with Crippen LogP contribution in [0.2, 0.25) is 0 Å². The minimum atomic E-state index is 0.674. The van der Waals surface area contributed by atoms with Crippen molar-refractivity contribution in [2.45, 2.75) is 64.6 Å². The Bertz CT molecular complexity index is 187. The summed E-state index contributed by atoms with van der Waals surface area (Å²) in [6, 6.07) is 2.23. The highest BCUT2D eigenvalue weighted by molar-refractivity contribution is 4.87. The molecule has 2 rings (SSSR count). The minimum absolute atomic E-state index is 0.674. The van der Waals surface area contributed by atoms with Crippen molar-refractivity contribution in [3.05, 3.63) is 0 Å². The number of nitrogens with zero attached hydrogens (tertiary/aromatic N) is 1. The molecule has 88 valence electrons. The summed E-state index contributed by atoms with van der Waals surface area (Å²) in [5, 5.41) is 3.62. The van der Waals surface area contributed by atoms with Crippen LogP contribution in [0.4, 0.5) is 0 Å². The summed E-state index contributed by atoms with van der Waals surface area (Å²) in [5.41, 5.74) is 0. The van der Waals surface area contributed by atoms with E-state index < -0.39 is 0 Å². The van der Waals surface area contributed by atoms with Crippen LogP contribution in [0.1, 0.15) is 46.5 Å². The standard InChI is InChI=1S/C13H26N2/c1-10-4-6-13(7-5-10)15-8-11(2)14-12(3)9-15/h10-14H,4-9H2,1-3H3. The van der Waals surface area contributed by atoms with Crippen LogP contribution in [-0.2, 0) is 0 Å². The largest absolute Gasteiger partial charge is 0.309 e. The first-order chi connectivity index (χ1) is 7.15. The lowest BCUT2D eigenvalue weighted by molar-refractivity contribution is 0.0895. The van der Waals surface area contributed by atoms with Crippen LogP contribution in [0.3, 0.4) is 0 Å². The van der Waals surface area contributed by atoms with Crippen molar-refractivity contribution in [2.24, 2.45) is 5.92 Å². The van der Waals surface area contributed by atoms with Crippen LogP contribution in [0.5, 0.6) is 0 Å². The molecule has 1 heterocycles. The van der Waals surface area contributed by atoms with E-state index in [2.05, 4.69) is 31.0 Å². The Kier molecular flexibility index (Phi) is 3.68. The van der Waals surface area contributed by atoms with Gasteiger partial charge in [0.2, 0.25) is 0 Å². The highest BCUT2D eigenvalue weighted by Gasteiger charge is 2.29. The number of nitrogens with one attached hydrogen (secondary N) is 1. The third-order valence-corrected chi connectivity index (χ3v) is 4.09. The molecular weight excluding hydrogens is 184 g/mol. The Morgan fingerprint density at radius 2 is 1.40 bits per heavy atom. The minimum Gasteiger partial charge on any atom is -0.309 e. The monoisotopic (exact) mass is 210 g/mol. The number of piperazine rings is 1. The van der Waals surface area contributed by atoms with Gasteiger partial charge in [-0.2, -0.15) is 0 Å². The van der Waals surface area contributed by atoms with E-state index in [1.54, 1.807) is 0 Å². The van der Waals surface area contributed by atoms with Crippen molar-refractivity contribution in [1.29, 1.82) is 0 Å². The zero-order valence-electron chi connectivity index (χ0n) is 10.5. The molecule has 0 aromatic carbocycles. The maximum atomic E-state index is 3.62. The van der Waals surface area contributed by atoms with Gasteiger partial charge in [0.1, 0.15) is 0 Å². The van der Waals surface area contributed by atoms with Crippen molar-refractivity contribution < 1.29 is 0 Å². The first-order valence-corrected chi connectivity index (χ1v) is 6.65. The fourth-order valence-corrected chi connectivity index (χ4v) is 3.27. The summed E-state index contributed by atoms with van der Waals surface area (Å²) in [6.07, 6.45) is 5.75. The average molecular weight is 210 g/mol. The molecule has 15 heavy (non-hydrogen) atoms. The predicted molar refractivity (Wildman–Crippen MR) is 65.1 cm³/mol. The molecule has 0 aromatic heterocycles. The van der Waals surface area contributed by atoms with Gasteiger partial charge in [-0.15, -0.1) is 0 Å². The van der Waals surface area contributed by atoms with Crippen molar-refractivity contribution in [3.63, 3.8) is 0 Å². The SMILES string of the molecule is CC1CCC(N2CC(C)NC(C)C2)CC1. The lowest BCUT2D eigenvalue weighted by Gasteiger charge is -2.43. The van der Waals surface area contributed by atoms with Gasteiger partial charge in [-0.25, -0.2) is 0 Å². The summed E-state index contributed by atoms with van der Waals surface area (Å²) in [6.45, 7) is 9.54. The highest BCUT2D eigenvalue weighted by atomic mass is 15.2. The van der Waals surface area contributed by atoms with E-state index in [9.17, 15) is 0 Å². The maximum Gasteiger partial charge on any atom is 0.0169 e. The summed E-state index contributed by atoms with van der Waals surface area (Å²) >= 11 is 0. The van der Waals surface area contributed by atoms with E-state index >= 15 is 0 Å². The van der Waals surface area contributed by atoms with E-state index in [4.69, 9.17) is 0 Å². The van der Waals surface area contributed by atoms with E-state index in [-0.39, 0.29) is 0 Å². The molecule has 1 N–H and O–H groups in total. The number of rotatable bonds is 1. The van der Waals surface area contributed by atoms with Gasteiger partial charge < -0.3 is 5.32 Å². The fraction of sp³-hybridized carbons (Fsp3) is 1.00. The molecule has 2 fully saturated rings. The molecule has 1 aliphatic carbocycles. The summed E-state index contributed by atoms with van der Waals surface area (Å²) in [4.78, 5) is 2.73. The molecular formula is C13H26N2. The first-order valence-electron chi connectivity index (χ1n) is 6.65. The number of hydrogen-bond donors (Lipinski definition) is 1. The van der Waals surface area contributed by atoms with Crippen molar-refractivity contribution in [3.8, 4) is 0 Å². The van der Waals surface area contributed by atoms with Crippen LogP contribution < -0.4 is 5.32 Å². The summed E-state index contributed by atoms with van der Waals surface area (Å²) in [7, 11) is 0. The molecule has 2 nitrogen and oxygen atoms in total. The second-order valence-electron chi connectivity index (χ2n) is 5.84. The molecule has 2 aliphatic rings. The smallest absolute Gasteiger partial charge is 0.0169 e. The van der Waals surface area contributed by atoms with Crippen LogP contribution in [0.25, 0.3) is 0 Å². The molecule has 2 heteroatoms. The Hall–Kier alpha value is -0.0800. The van der Waals surface area contributed by atoms with Gasteiger partial charge in [-0.05, 0) is 45.4 Å². The second-order valence-corrected chi connectivity index (χ2v) is 5.84. The summed E-state index contributed by atoms with van der Waals surface area (Å²) in [5.74, 6) is 0.971. The first kappa shape index (κ1) is 11.4. The lowest BCUT2D eigenvalue weighted by Crippen LogP contribution is -2.57. The van der Waals surface area contributed by atoms with Crippen molar-refractivity contribution in [1.82, 2.24) is 10.2 Å². The van der Waals surface area contributed by atoms with E-state index in [0.29, 0.717) is 12.1 Å². The van der Waals surface area contributed by atoms with Gasteiger partial charge in [0, 0.05) is 31.2 Å². The van der Waals surface area contributed by atoms with Crippen LogP contribution in [0.15, 0.2) is 0 Å². The normalized spacial score (nSPS) is 44.2. The van der Waals surface area contributed by atoms with Gasteiger partial charge in [0.15, 0.2) is 0 Å². The number of hydrogen-bond acceptors (Lipinski definition) is 2. The zero-order valence-corrected chi connectivity index (χ0v) is 10.5. The van der Waals surface area contributed by atoms with Crippen LogP contribution in [0, 0.1) is 5.92 Å². The van der Waals surface area contributed by atoms with Gasteiger partial charge in [0.05, 0.1) is 0 Å². The molecule has 0 spiro atoms. The fourth-order valence-electron chi connectivity index (χ4n) is 3.27. The predicted octanol–water partition coefficient (Wildman–Crippen LogP) is 2.25. The Morgan fingerprint density at radius 3 is 1.93 bits per heavy atom. The van der Waals surface area contributed by atoms with E-state index in [0.717, 1.165) is 12.0 Å². The molecule has 2 atom stereocenters. The molecule has 0 aromatic rings. The lowest BCUT2D eigenvalue weighted by atomic mass is 9.86. The van der Waals surface area contributed by atoms with Crippen LogP contribution >= 0.6 is 0 Å². The molecule has 1 saturated heterocycles. The second kappa shape index (κ2) is 4.84. The van der Waals surface area contributed by atoms with Gasteiger partial charge >= 0.3 is 0 Å². The van der Waals surface area contributed by atoms with Crippen LogP contribution in [-0.4, -0.2) is 36.1 Å². The quantitative estimate of drug-likeness (QED) is 0.714. The highest BCUT2D eigenvalue weighted by Crippen LogP contribution is 2.28. The third kappa shape index (κ3) is 2.94. The topological polar surface area (TPSA) is 15.3 Å². The average Bonchev–Trinajstić information content (AvgIpc) is 2.17. The van der Waals surface area contributed by atoms with Gasteiger partial charge in [-0.1, -0.05) is 6.92 Å². The Morgan fingerprint density at radius 1 is 0.867 bits per heavy atom. The van der Waals surface area contributed by atoms with Gasteiger partial charge in [-0.3, -0.25) is 4.90 Å². The molecule has 0 amide bonds. The molecule has 1 aliphatic heterocycles. The molecule has 0 bridgehead atoms. The molecule has 0 radical (unpaired) electrons. The van der Waals surface area contributed by atoms with E-state index in [1.807, 2.05) is 0 Å².